The van der Waals surface area contributed by atoms with Gasteiger partial charge in [-0.25, -0.2) is 9.78 Å². The van der Waals surface area contributed by atoms with Gasteiger partial charge in [-0.3, -0.25) is 4.72 Å². The topological polar surface area (TPSA) is 54.0 Å². The zero-order valence-electron chi connectivity index (χ0n) is 13.3. The summed E-state index contributed by atoms with van der Waals surface area (Å²) in [5.41, 5.74) is 6.66. The van der Waals surface area contributed by atoms with E-state index in [-0.39, 0.29) is 6.03 Å². The summed E-state index contributed by atoms with van der Waals surface area (Å²) >= 11 is 2.84. The maximum absolute atomic E-state index is 12.3. The molecule has 0 aliphatic heterocycles. The average Bonchev–Trinajstić information content (AvgIpc) is 3.31. The Morgan fingerprint density at radius 3 is 2.58 bits per heavy atom. The number of carbonyl (C=O) groups excluding carboxylic acids is 1. The van der Waals surface area contributed by atoms with E-state index in [9.17, 15) is 4.79 Å². The molecule has 6 heteroatoms. The number of fused-ring (bicyclic) bond motifs is 2. The third-order valence-electron chi connectivity index (χ3n) is 4.59. The largest absolute Gasteiger partial charge is 0.329 e. The number of hydrogen-bond acceptors (Lipinski definition) is 4. The molecule has 2 N–H and O–H groups in total. The Kier molecular flexibility index (Phi) is 4.58. The predicted octanol–water partition coefficient (Wildman–Crippen LogP) is 4.56. The van der Waals surface area contributed by atoms with E-state index in [0.717, 1.165) is 36.4 Å². The number of nitrogens with zero attached hydrogens (tertiary/aromatic N) is 1. The van der Waals surface area contributed by atoms with Gasteiger partial charge in [0.15, 0.2) is 0 Å². The molecule has 1 aromatic carbocycles. The average molecular weight is 358 g/mol. The van der Waals surface area contributed by atoms with Crippen molar-refractivity contribution in [3.8, 4) is 0 Å². The fourth-order valence-electron chi connectivity index (χ4n) is 3.60. The van der Waals surface area contributed by atoms with Gasteiger partial charge in [-0.1, -0.05) is 6.07 Å². The van der Waals surface area contributed by atoms with Gasteiger partial charge in [-0.15, -0.1) is 11.3 Å². The summed E-state index contributed by atoms with van der Waals surface area (Å²) in [6.07, 6.45) is 10.5. The minimum atomic E-state index is -0.154. The lowest BCUT2D eigenvalue weighted by molar-refractivity contribution is 0.257. The molecule has 0 spiro atoms. The second-order valence-corrected chi connectivity index (χ2v) is 7.72. The van der Waals surface area contributed by atoms with E-state index in [1.807, 2.05) is 16.9 Å². The van der Waals surface area contributed by atoms with Gasteiger partial charge in [0.2, 0.25) is 0 Å². The highest BCUT2D eigenvalue weighted by Gasteiger charge is 2.24. The van der Waals surface area contributed by atoms with Crippen LogP contribution in [0.15, 0.2) is 23.1 Å². The summed E-state index contributed by atoms with van der Waals surface area (Å²) < 4.78 is 2.83. The number of thiazole rings is 1. The molecule has 0 bridgehead atoms. The molecule has 1 heterocycles. The number of anilines is 1. The number of aryl methyl sites for hydroxylation is 2. The van der Waals surface area contributed by atoms with Crippen molar-refractivity contribution >= 4 is 41.1 Å². The van der Waals surface area contributed by atoms with Crippen molar-refractivity contribution in [3.05, 3.63) is 50.3 Å². The predicted molar refractivity (Wildman–Crippen MR) is 101 cm³/mol. The molecular formula is C18H19N3OS2. The van der Waals surface area contributed by atoms with E-state index >= 15 is 0 Å². The molecule has 0 saturated carbocycles. The lowest BCUT2D eigenvalue weighted by Crippen LogP contribution is -2.23. The first kappa shape index (κ1) is 15.7. The van der Waals surface area contributed by atoms with Crippen molar-refractivity contribution in [2.45, 2.75) is 38.5 Å². The number of hydrogen-bond donors (Lipinski definition) is 2. The van der Waals surface area contributed by atoms with Gasteiger partial charge >= 0.3 is 6.03 Å². The number of amides is 2. The fourth-order valence-corrected chi connectivity index (χ4v) is 4.64. The molecule has 4 nitrogen and oxygen atoms in total. The number of carbonyl (C=O) groups is 1. The van der Waals surface area contributed by atoms with Gasteiger partial charge in [0, 0.05) is 17.3 Å². The van der Waals surface area contributed by atoms with Crippen LogP contribution in [-0.2, 0) is 25.7 Å². The maximum atomic E-state index is 12.3. The first-order valence-electron chi connectivity index (χ1n) is 8.26. The van der Waals surface area contributed by atoms with Gasteiger partial charge < -0.3 is 5.32 Å². The van der Waals surface area contributed by atoms with Crippen LogP contribution in [0.5, 0.6) is 0 Å². The Hall–Kier alpha value is -1.79. The monoisotopic (exact) mass is 357 g/mol. The van der Waals surface area contributed by atoms with E-state index in [1.54, 1.807) is 17.5 Å². The van der Waals surface area contributed by atoms with Gasteiger partial charge in [0.25, 0.3) is 0 Å². The molecule has 2 amide bonds. The van der Waals surface area contributed by atoms with Crippen molar-refractivity contribution in [2.75, 3.05) is 5.32 Å². The third kappa shape index (κ3) is 3.21. The molecule has 2 aliphatic carbocycles. The summed E-state index contributed by atoms with van der Waals surface area (Å²) in [4.78, 5) is 16.5. The van der Waals surface area contributed by atoms with Crippen molar-refractivity contribution in [1.29, 1.82) is 0 Å². The SMILES string of the molecule is O=C(NS/C=C/c1nccs1)Nc1c2c(cc3c1CCC3)CCC2. The molecule has 24 heavy (non-hydrogen) atoms. The smallest absolute Gasteiger partial charge is 0.307 e. The highest BCUT2D eigenvalue weighted by Crippen LogP contribution is 2.38. The van der Waals surface area contributed by atoms with E-state index in [4.69, 9.17) is 0 Å². The van der Waals surface area contributed by atoms with E-state index < -0.39 is 0 Å². The maximum Gasteiger partial charge on any atom is 0.329 e. The van der Waals surface area contributed by atoms with E-state index in [1.165, 1.54) is 47.0 Å². The molecule has 0 saturated heterocycles. The molecule has 0 atom stereocenters. The molecule has 1 aromatic heterocycles. The quantitative estimate of drug-likeness (QED) is 0.789. The Morgan fingerprint density at radius 1 is 1.17 bits per heavy atom. The van der Waals surface area contributed by atoms with Crippen LogP contribution in [0.25, 0.3) is 6.08 Å². The Bertz CT molecular complexity index is 752. The Balaban J connectivity index is 1.43. The summed E-state index contributed by atoms with van der Waals surface area (Å²) in [5, 5.41) is 7.83. The highest BCUT2D eigenvalue weighted by atomic mass is 32.2. The van der Waals surface area contributed by atoms with Crippen molar-refractivity contribution < 1.29 is 4.79 Å². The van der Waals surface area contributed by atoms with Crippen LogP contribution in [0.3, 0.4) is 0 Å². The molecule has 2 aromatic rings. The van der Waals surface area contributed by atoms with Crippen LogP contribution >= 0.6 is 23.3 Å². The zero-order chi connectivity index (χ0) is 16.4. The standard InChI is InChI=1S/C18H19N3OS2/c22-18(21-24-9-7-16-19-8-10-23-16)20-17-14-5-1-3-12(14)11-13-4-2-6-15(13)17/h7-11H,1-6H2,(H2,20,21,22)/b9-7+. The van der Waals surface area contributed by atoms with Gasteiger partial charge in [-0.05, 0) is 84.2 Å². The molecule has 0 radical (unpaired) electrons. The summed E-state index contributed by atoms with van der Waals surface area (Å²) in [6.45, 7) is 0. The third-order valence-corrected chi connectivity index (χ3v) is 5.91. The highest BCUT2D eigenvalue weighted by molar-refractivity contribution is 8.00. The lowest BCUT2D eigenvalue weighted by Gasteiger charge is -2.16. The molecule has 0 fully saturated rings. The summed E-state index contributed by atoms with van der Waals surface area (Å²) in [7, 11) is 0. The van der Waals surface area contributed by atoms with Gasteiger partial charge in [-0.2, -0.15) is 0 Å². The van der Waals surface area contributed by atoms with Crippen molar-refractivity contribution in [2.24, 2.45) is 0 Å². The van der Waals surface area contributed by atoms with E-state index in [0.29, 0.717) is 0 Å². The summed E-state index contributed by atoms with van der Waals surface area (Å²) in [5.74, 6) is 0. The number of nitrogens with one attached hydrogen (secondary N) is 2. The van der Waals surface area contributed by atoms with E-state index in [2.05, 4.69) is 21.1 Å². The number of benzene rings is 1. The fraction of sp³-hybridized carbons (Fsp3) is 0.333. The van der Waals surface area contributed by atoms with Crippen LogP contribution in [0.4, 0.5) is 10.5 Å². The van der Waals surface area contributed by atoms with Gasteiger partial charge in [0.05, 0.1) is 0 Å². The Labute approximate surface area is 149 Å². The second-order valence-electron chi connectivity index (χ2n) is 6.08. The number of urea groups is 1. The van der Waals surface area contributed by atoms with Gasteiger partial charge in [0.1, 0.15) is 5.01 Å². The van der Waals surface area contributed by atoms with Crippen LogP contribution < -0.4 is 10.0 Å². The molecule has 2 aliphatic rings. The van der Waals surface area contributed by atoms with Crippen LogP contribution in [0.1, 0.15) is 40.1 Å². The summed E-state index contributed by atoms with van der Waals surface area (Å²) in [6, 6.07) is 2.22. The van der Waals surface area contributed by atoms with Crippen molar-refractivity contribution in [3.63, 3.8) is 0 Å². The van der Waals surface area contributed by atoms with Crippen molar-refractivity contribution in [1.82, 2.24) is 9.71 Å². The Morgan fingerprint density at radius 2 is 1.92 bits per heavy atom. The first-order valence-corrected chi connectivity index (χ1v) is 10.0. The van der Waals surface area contributed by atoms with Crippen LogP contribution in [-0.4, -0.2) is 11.0 Å². The number of aromatic nitrogens is 1. The minimum Gasteiger partial charge on any atom is -0.307 e. The van der Waals surface area contributed by atoms with Crippen LogP contribution in [0, 0.1) is 0 Å². The normalized spacial score (nSPS) is 15.5. The molecule has 124 valence electrons. The zero-order valence-corrected chi connectivity index (χ0v) is 14.9. The van der Waals surface area contributed by atoms with Crippen LogP contribution in [0.2, 0.25) is 0 Å². The second kappa shape index (κ2) is 6.99. The minimum absolute atomic E-state index is 0.154. The first-order chi connectivity index (χ1) is 11.8. The number of rotatable bonds is 4. The molecular weight excluding hydrogens is 338 g/mol. The molecule has 0 unspecified atom stereocenters. The lowest BCUT2D eigenvalue weighted by atomic mass is 9.99. The molecule has 4 rings (SSSR count).